The first-order chi connectivity index (χ1) is 15.3. The molecule has 1 aromatic heterocycles. The predicted molar refractivity (Wildman–Crippen MR) is 116 cm³/mol. The van der Waals surface area contributed by atoms with Crippen molar-refractivity contribution in [1.82, 2.24) is 20.4 Å². The lowest BCUT2D eigenvalue weighted by Crippen LogP contribution is -2.52. The molecule has 9 heteroatoms. The molecule has 1 atom stereocenters. The lowest BCUT2D eigenvalue weighted by atomic mass is 9.94. The second-order valence-corrected chi connectivity index (χ2v) is 8.46. The first-order valence-electron chi connectivity index (χ1n) is 10.6. The third kappa shape index (κ3) is 3.73. The van der Waals surface area contributed by atoms with Crippen molar-refractivity contribution < 1.29 is 23.5 Å². The highest BCUT2D eigenvalue weighted by molar-refractivity contribution is 6.08. The summed E-state index contributed by atoms with van der Waals surface area (Å²) in [5, 5.41) is 5.05. The summed E-state index contributed by atoms with van der Waals surface area (Å²) in [5.74, 6) is 0.963. The molecule has 4 amide bonds. The molecular weight excluding hydrogens is 412 g/mol. The molecule has 0 radical (unpaired) electrons. The molecule has 0 unspecified atom stereocenters. The molecule has 3 heterocycles. The Balaban J connectivity index is 1.68. The van der Waals surface area contributed by atoms with Crippen LogP contribution in [-0.2, 0) is 29.7 Å². The molecule has 1 saturated heterocycles. The number of amides is 4. The number of aryl methyl sites for hydroxylation is 1. The monoisotopic (exact) mass is 440 g/mol. The topological polar surface area (TPSA) is 104 Å². The van der Waals surface area contributed by atoms with Crippen molar-refractivity contribution >= 4 is 17.8 Å². The SMILES string of the molecule is CCc1cc([C@]2(CN3Cc4ccc(OC)cc4C3=O)NC(=O)NC2=O)oc1CCN(C)C. The number of carbonyl (C=O) groups excluding carboxylic acids is 3. The maximum Gasteiger partial charge on any atom is 0.322 e. The molecule has 9 nitrogen and oxygen atoms in total. The van der Waals surface area contributed by atoms with E-state index in [-0.39, 0.29) is 12.5 Å². The number of imide groups is 1. The van der Waals surface area contributed by atoms with Gasteiger partial charge in [0.15, 0.2) is 5.54 Å². The number of urea groups is 1. The Bertz CT molecular complexity index is 1080. The van der Waals surface area contributed by atoms with Crippen LogP contribution in [0.3, 0.4) is 0 Å². The largest absolute Gasteiger partial charge is 0.497 e. The summed E-state index contributed by atoms with van der Waals surface area (Å²) in [6, 6.07) is 6.55. The van der Waals surface area contributed by atoms with Crippen molar-refractivity contribution in [3.05, 3.63) is 52.5 Å². The van der Waals surface area contributed by atoms with E-state index in [1.54, 1.807) is 24.1 Å². The summed E-state index contributed by atoms with van der Waals surface area (Å²) in [7, 11) is 5.50. The van der Waals surface area contributed by atoms with Gasteiger partial charge in [0, 0.05) is 25.1 Å². The standard InChI is InChI=1S/C23H28N4O5/c1-5-14-10-19(32-18(14)8-9-26(2)3)23(21(29)24-22(30)25-23)13-27-12-15-6-7-16(31-4)11-17(15)20(27)28/h6-7,10-11H,5,8-9,12-13H2,1-4H3,(H2,24,25,29,30)/t23-/m0/s1. The Morgan fingerprint density at radius 1 is 1.22 bits per heavy atom. The Morgan fingerprint density at radius 2 is 2.00 bits per heavy atom. The lowest BCUT2D eigenvalue weighted by Gasteiger charge is -2.29. The van der Waals surface area contributed by atoms with Crippen LogP contribution in [0.1, 0.15) is 39.9 Å². The molecule has 4 rings (SSSR count). The van der Waals surface area contributed by atoms with Crippen LogP contribution in [-0.4, -0.2) is 61.9 Å². The zero-order valence-electron chi connectivity index (χ0n) is 18.8. The number of nitrogens with one attached hydrogen (secondary N) is 2. The number of methoxy groups -OCH3 is 1. The fraction of sp³-hybridized carbons (Fsp3) is 0.435. The fourth-order valence-electron chi connectivity index (χ4n) is 4.25. The number of furan rings is 1. The number of nitrogens with zero attached hydrogens (tertiary/aromatic N) is 2. The van der Waals surface area contributed by atoms with Gasteiger partial charge in [0.2, 0.25) is 0 Å². The van der Waals surface area contributed by atoms with Crippen LogP contribution in [0.5, 0.6) is 5.75 Å². The lowest BCUT2D eigenvalue weighted by molar-refractivity contribution is -0.125. The van der Waals surface area contributed by atoms with E-state index in [1.165, 1.54) is 0 Å². The van der Waals surface area contributed by atoms with E-state index >= 15 is 0 Å². The Kier molecular flexibility index (Phi) is 5.68. The molecule has 0 aliphatic carbocycles. The smallest absolute Gasteiger partial charge is 0.322 e. The summed E-state index contributed by atoms with van der Waals surface area (Å²) in [4.78, 5) is 41.9. The molecular formula is C23H28N4O5. The van der Waals surface area contributed by atoms with Gasteiger partial charge < -0.3 is 24.3 Å². The van der Waals surface area contributed by atoms with Crippen molar-refractivity contribution in [3.63, 3.8) is 0 Å². The normalized spacial score (nSPS) is 20.0. The first-order valence-corrected chi connectivity index (χ1v) is 10.6. The zero-order chi connectivity index (χ0) is 23.0. The minimum absolute atomic E-state index is 0.0375. The van der Waals surface area contributed by atoms with Gasteiger partial charge in [-0.25, -0.2) is 4.79 Å². The molecule has 170 valence electrons. The summed E-state index contributed by atoms with van der Waals surface area (Å²) in [6.07, 6.45) is 1.40. The highest BCUT2D eigenvalue weighted by atomic mass is 16.5. The minimum Gasteiger partial charge on any atom is -0.497 e. The van der Waals surface area contributed by atoms with Crippen LogP contribution >= 0.6 is 0 Å². The van der Waals surface area contributed by atoms with Crippen molar-refractivity contribution in [2.24, 2.45) is 0 Å². The van der Waals surface area contributed by atoms with E-state index < -0.39 is 17.5 Å². The minimum atomic E-state index is -1.49. The van der Waals surface area contributed by atoms with Gasteiger partial charge in [-0.3, -0.25) is 14.9 Å². The van der Waals surface area contributed by atoms with E-state index in [4.69, 9.17) is 9.15 Å². The van der Waals surface area contributed by atoms with Crippen molar-refractivity contribution in [3.8, 4) is 5.75 Å². The quantitative estimate of drug-likeness (QED) is 0.605. The van der Waals surface area contributed by atoms with Gasteiger partial charge >= 0.3 is 6.03 Å². The second kappa shape index (κ2) is 8.31. The van der Waals surface area contributed by atoms with E-state index in [9.17, 15) is 14.4 Å². The molecule has 0 spiro atoms. The number of carbonyl (C=O) groups is 3. The van der Waals surface area contributed by atoms with Gasteiger partial charge in [-0.1, -0.05) is 13.0 Å². The average molecular weight is 441 g/mol. The molecule has 1 aromatic carbocycles. The number of hydrogen-bond acceptors (Lipinski definition) is 6. The molecule has 0 saturated carbocycles. The molecule has 2 N–H and O–H groups in total. The van der Waals surface area contributed by atoms with Crippen molar-refractivity contribution in [2.75, 3.05) is 34.3 Å². The van der Waals surface area contributed by atoms with Crippen LogP contribution in [0.25, 0.3) is 0 Å². The number of hydrogen-bond donors (Lipinski definition) is 2. The van der Waals surface area contributed by atoms with Gasteiger partial charge in [-0.2, -0.15) is 0 Å². The van der Waals surface area contributed by atoms with E-state index in [1.807, 2.05) is 33.2 Å². The zero-order valence-corrected chi connectivity index (χ0v) is 18.8. The molecule has 2 aliphatic heterocycles. The molecule has 2 aliphatic rings. The Hall–Kier alpha value is -3.33. The van der Waals surface area contributed by atoms with Gasteiger partial charge in [-0.05, 0) is 49.8 Å². The third-order valence-electron chi connectivity index (χ3n) is 6.05. The Morgan fingerprint density at radius 3 is 2.62 bits per heavy atom. The molecule has 1 fully saturated rings. The van der Waals surface area contributed by atoms with Gasteiger partial charge in [0.1, 0.15) is 17.3 Å². The summed E-state index contributed by atoms with van der Waals surface area (Å²) < 4.78 is 11.4. The number of ether oxygens (including phenoxy) is 1. The number of likely N-dealkylation sites (N-methyl/N-ethyl adjacent to an activating group) is 1. The van der Waals surface area contributed by atoms with Gasteiger partial charge in [-0.15, -0.1) is 0 Å². The van der Waals surface area contributed by atoms with E-state index in [0.29, 0.717) is 30.0 Å². The third-order valence-corrected chi connectivity index (χ3v) is 6.05. The van der Waals surface area contributed by atoms with Crippen molar-refractivity contribution in [2.45, 2.75) is 31.8 Å². The van der Waals surface area contributed by atoms with Crippen LogP contribution in [0.4, 0.5) is 4.79 Å². The van der Waals surface area contributed by atoms with Gasteiger partial charge in [0.25, 0.3) is 11.8 Å². The fourth-order valence-corrected chi connectivity index (χ4v) is 4.25. The second-order valence-electron chi connectivity index (χ2n) is 8.46. The number of benzene rings is 1. The molecule has 0 bridgehead atoms. The van der Waals surface area contributed by atoms with E-state index in [2.05, 4.69) is 15.5 Å². The van der Waals surface area contributed by atoms with Crippen LogP contribution in [0.15, 0.2) is 28.7 Å². The summed E-state index contributed by atoms with van der Waals surface area (Å²) in [6.45, 7) is 3.09. The highest BCUT2D eigenvalue weighted by Gasteiger charge is 2.53. The summed E-state index contributed by atoms with van der Waals surface area (Å²) >= 11 is 0. The number of fused-ring (bicyclic) bond motifs is 1. The van der Waals surface area contributed by atoms with Crippen LogP contribution < -0.4 is 15.4 Å². The molecule has 2 aromatic rings. The van der Waals surface area contributed by atoms with Crippen LogP contribution in [0, 0.1) is 0 Å². The van der Waals surface area contributed by atoms with E-state index in [0.717, 1.165) is 29.9 Å². The molecule has 32 heavy (non-hydrogen) atoms. The maximum absolute atomic E-state index is 13.1. The average Bonchev–Trinajstić information content (AvgIpc) is 3.40. The highest BCUT2D eigenvalue weighted by Crippen LogP contribution is 2.34. The summed E-state index contributed by atoms with van der Waals surface area (Å²) in [5.41, 5.74) is 0.871. The van der Waals surface area contributed by atoms with Crippen LogP contribution in [0.2, 0.25) is 0 Å². The predicted octanol–water partition coefficient (Wildman–Crippen LogP) is 1.65. The Labute approximate surface area is 186 Å². The maximum atomic E-state index is 13.1. The van der Waals surface area contributed by atoms with Gasteiger partial charge in [0.05, 0.1) is 13.7 Å². The van der Waals surface area contributed by atoms with Crippen molar-refractivity contribution in [1.29, 1.82) is 0 Å². The number of rotatable bonds is 8. The first kappa shape index (κ1) is 21.9.